The zero-order valence-electron chi connectivity index (χ0n) is 13.9. The fraction of sp³-hybridized carbons (Fsp3) is 0.100. The van der Waals surface area contributed by atoms with Gasteiger partial charge < -0.3 is 9.26 Å². The third-order valence-corrected chi connectivity index (χ3v) is 3.79. The first-order chi connectivity index (χ1) is 12.9. The van der Waals surface area contributed by atoms with Gasteiger partial charge in [-0.1, -0.05) is 29.4 Å². The van der Waals surface area contributed by atoms with Crippen molar-refractivity contribution >= 4 is 0 Å². The van der Waals surface area contributed by atoms with Gasteiger partial charge in [0, 0.05) is 25.0 Å². The highest BCUT2D eigenvalue weighted by Gasteiger charge is 2.15. The van der Waals surface area contributed by atoms with E-state index in [1.807, 2.05) is 60.8 Å². The van der Waals surface area contributed by atoms with Gasteiger partial charge in [-0.05, 0) is 42.3 Å². The zero-order chi connectivity index (χ0) is 17.6. The van der Waals surface area contributed by atoms with Gasteiger partial charge in [0.25, 0.3) is 0 Å². The van der Waals surface area contributed by atoms with Crippen LogP contribution in [0.2, 0.25) is 0 Å². The molecule has 128 valence electrons. The number of pyridine rings is 2. The highest BCUT2D eigenvalue weighted by molar-refractivity contribution is 5.61. The number of aromatic nitrogens is 4. The van der Waals surface area contributed by atoms with Gasteiger partial charge in [0.1, 0.15) is 5.75 Å². The molecule has 0 spiro atoms. The summed E-state index contributed by atoms with van der Waals surface area (Å²) in [6.45, 7) is 0. The average Bonchev–Trinajstić information content (AvgIpc) is 3.17. The lowest BCUT2D eigenvalue weighted by atomic mass is 10.1. The number of hydrogen-bond acceptors (Lipinski definition) is 6. The van der Waals surface area contributed by atoms with Crippen molar-refractivity contribution in [2.45, 2.75) is 12.8 Å². The van der Waals surface area contributed by atoms with Crippen molar-refractivity contribution in [2.24, 2.45) is 0 Å². The summed E-state index contributed by atoms with van der Waals surface area (Å²) in [5, 5.41) is 4.08. The number of nitrogens with zero attached hydrogens (tertiary/aromatic N) is 4. The van der Waals surface area contributed by atoms with Crippen LogP contribution in [0.1, 0.15) is 11.5 Å². The van der Waals surface area contributed by atoms with Crippen molar-refractivity contribution in [3.63, 3.8) is 0 Å². The Balaban J connectivity index is 1.52. The number of ether oxygens (including phenoxy) is 1. The van der Waals surface area contributed by atoms with Crippen molar-refractivity contribution in [2.75, 3.05) is 0 Å². The minimum absolute atomic E-state index is 0.443. The van der Waals surface area contributed by atoms with Crippen molar-refractivity contribution in [3.8, 4) is 23.0 Å². The van der Waals surface area contributed by atoms with Crippen LogP contribution in [0, 0.1) is 0 Å². The Bertz CT molecular complexity index is 971. The molecular weight excluding hydrogens is 328 g/mol. The maximum absolute atomic E-state index is 5.86. The first kappa shape index (κ1) is 16.0. The van der Waals surface area contributed by atoms with E-state index in [-0.39, 0.29) is 0 Å². The van der Waals surface area contributed by atoms with Gasteiger partial charge in [-0.15, -0.1) is 0 Å². The number of rotatable bonds is 6. The van der Waals surface area contributed by atoms with Crippen LogP contribution < -0.4 is 4.74 Å². The second-order valence-corrected chi connectivity index (χ2v) is 5.64. The Labute approximate surface area is 150 Å². The van der Waals surface area contributed by atoms with Gasteiger partial charge in [-0.3, -0.25) is 4.98 Å². The Hall–Kier alpha value is -3.54. The lowest BCUT2D eigenvalue weighted by molar-refractivity contribution is 0.378. The predicted molar refractivity (Wildman–Crippen MR) is 95.7 cm³/mol. The molecule has 0 bridgehead atoms. The summed E-state index contributed by atoms with van der Waals surface area (Å²) in [7, 11) is 0. The normalized spacial score (nSPS) is 10.6. The van der Waals surface area contributed by atoms with Crippen LogP contribution in [-0.4, -0.2) is 20.1 Å². The van der Waals surface area contributed by atoms with E-state index in [9.17, 15) is 0 Å². The molecule has 4 rings (SSSR count). The average molecular weight is 344 g/mol. The Morgan fingerprint density at radius 3 is 2.62 bits per heavy atom. The second kappa shape index (κ2) is 7.57. The summed E-state index contributed by atoms with van der Waals surface area (Å²) >= 11 is 0. The van der Waals surface area contributed by atoms with Crippen LogP contribution in [0.3, 0.4) is 0 Å². The van der Waals surface area contributed by atoms with E-state index in [4.69, 9.17) is 9.26 Å². The second-order valence-electron chi connectivity index (χ2n) is 5.64. The summed E-state index contributed by atoms with van der Waals surface area (Å²) in [5.74, 6) is 2.18. The van der Waals surface area contributed by atoms with Crippen molar-refractivity contribution in [1.29, 1.82) is 0 Å². The summed E-state index contributed by atoms with van der Waals surface area (Å²) in [4.78, 5) is 12.9. The molecule has 0 aliphatic rings. The minimum atomic E-state index is 0.443. The SMILES string of the molecule is c1ccc(Oc2ncccc2-c2noc(CCc3cccnc3)n2)cc1. The molecule has 0 aliphatic carbocycles. The molecular formula is C20H16N4O2. The first-order valence-electron chi connectivity index (χ1n) is 8.28. The zero-order valence-corrected chi connectivity index (χ0v) is 13.9. The Kier molecular flexibility index (Phi) is 4.64. The molecule has 0 aliphatic heterocycles. The maximum atomic E-state index is 5.86. The van der Waals surface area contributed by atoms with E-state index < -0.39 is 0 Å². The molecule has 0 saturated carbocycles. The molecule has 0 saturated heterocycles. The van der Waals surface area contributed by atoms with E-state index >= 15 is 0 Å². The van der Waals surface area contributed by atoms with Crippen LogP contribution in [0.4, 0.5) is 0 Å². The largest absolute Gasteiger partial charge is 0.438 e. The molecule has 0 atom stereocenters. The topological polar surface area (TPSA) is 73.9 Å². The van der Waals surface area contributed by atoms with Gasteiger partial charge in [-0.2, -0.15) is 4.98 Å². The molecule has 4 aromatic rings. The van der Waals surface area contributed by atoms with Gasteiger partial charge in [0.05, 0.1) is 5.56 Å². The lowest BCUT2D eigenvalue weighted by Gasteiger charge is -2.06. The molecule has 3 aromatic heterocycles. The standard InChI is InChI=1S/C20H16N4O2/c1-2-7-16(8-3-1)25-20-17(9-5-13-22-20)19-23-18(26-24-19)11-10-15-6-4-12-21-14-15/h1-9,12-14H,10-11H2. The van der Waals surface area contributed by atoms with E-state index in [1.54, 1.807) is 12.4 Å². The highest BCUT2D eigenvalue weighted by atomic mass is 16.5. The van der Waals surface area contributed by atoms with Crippen LogP contribution in [0.5, 0.6) is 11.6 Å². The molecule has 6 heteroatoms. The quantitative estimate of drug-likeness (QED) is 0.524. The smallest absolute Gasteiger partial charge is 0.230 e. The number of aryl methyl sites for hydroxylation is 2. The molecule has 0 radical (unpaired) electrons. The predicted octanol–water partition coefficient (Wildman–Crippen LogP) is 4.10. The Morgan fingerprint density at radius 2 is 1.77 bits per heavy atom. The van der Waals surface area contributed by atoms with Gasteiger partial charge >= 0.3 is 0 Å². The first-order valence-corrected chi connectivity index (χ1v) is 8.28. The summed E-state index contributed by atoms with van der Waals surface area (Å²) < 4.78 is 11.2. The van der Waals surface area contributed by atoms with E-state index in [1.165, 1.54) is 0 Å². The van der Waals surface area contributed by atoms with Gasteiger partial charge in [-0.25, -0.2) is 4.98 Å². The third kappa shape index (κ3) is 3.75. The van der Waals surface area contributed by atoms with Crippen molar-refractivity contribution in [3.05, 3.63) is 84.6 Å². The molecule has 0 unspecified atom stereocenters. The molecule has 3 heterocycles. The molecule has 1 aromatic carbocycles. The van der Waals surface area contributed by atoms with Crippen LogP contribution >= 0.6 is 0 Å². The molecule has 0 N–H and O–H groups in total. The lowest BCUT2D eigenvalue weighted by Crippen LogP contribution is -1.94. The highest BCUT2D eigenvalue weighted by Crippen LogP contribution is 2.29. The van der Waals surface area contributed by atoms with Crippen molar-refractivity contribution < 1.29 is 9.26 Å². The number of benzene rings is 1. The van der Waals surface area contributed by atoms with E-state index in [0.29, 0.717) is 35.3 Å². The molecule has 0 fully saturated rings. The van der Waals surface area contributed by atoms with E-state index in [2.05, 4.69) is 20.1 Å². The van der Waals surface area contributed by atoms with E-state index in [0.717, 1.165) is 12.0 Å². The van der Waals surface area contributed by atoms with Crippen LogP contribution in [0.15, 0.2) is 77.7 Å². The minimum Gasteiger partial charge on any atom is -0.438 e. The molecule has 6 nitrogen and oxygen atoms in total. The summed E-state index contributed by atoms with van der Waals surface area (Å²) in [6, 6.07) is 17.1. The fourth-order valence-corrected chi connectivity index (χ4v) is 2.51. The van der Waals surface area contributed by atoms with Gasteiger partial charge in [0.2, 0.25) is 17.6 Å². The summed E-state index contributed by atoms with van der Waals surface area (Å²) in [6.07, 6.45) is 6.70. The van der Waals surface area contributed by atoms with Crippen LogP contribution in [0.25, 0.3) is 11.4 Å². The van der Waals surface area contributed by atoms with Crippen LogP contribution in [-0.2, 0) is 12.8 Å². The Morgan fingerprint density at radius 1 is 0.885 bits per heavy atom. The van der Waals surface area contributed by atoms with Gasteiger partial charge in [0.15, 0.2) is 0 Å². The van der Waals surface area contributed by atoms with Crippen molar-refractivity contribution in [1.82, 2.24) is 20.1 Å². The summed E-state index contributed by atoms with van der Waals surface area (Å²) in [5.41, 5.74) is 1.81. The molecule has 26 heavy (non-hydrogen) atoms. The molecule has 0 amide bonds. The fourth-order valence-electron chi connectivity index (χ4n) is 2.51. The maximum Gasteiger partial charge on any atom is 0.230 e. The number of hydrogen-bond donors (Lipinski definition) is 0. The monoisotopic (exact) mass is 344 g/mol. The third-order valence-electron chi connectivity index (χ3n) is 3.79. The number of para-hydroxylation sites is 1.